The molecule has 0 atom stereocenters. The monoisotopic (exact) mass is 348 g/mol. The van der Waals surface area contributed by atoms with Gasteiger partial charge in [-0.2, -0.15) is 0 Å². The molecule has 0 saturated heterocycles. The van der Waals surface area contributed by atoms with Gasteiger partial charge in [0.15, 0.2) is 10.9 Å². The third-order valence-corrected chi connectivity index (χ3v) is 3.24. The van der Waals surface area contributed by atoms with E-state index in [4.69, 9.17) is 51.4 Å². The highest BCUT2D eigenvalue weighted by molar-refractivity contribution is 7.80. The van der Waals surface area contributed by atoms with Gasteiger partial charge in [-0.25, -0.2) is 0 Å². The van der Waals surface area contributed by atoms with Crippen molar-refractivity contribution in [2.75, 3.05) is 5.32 Å². The lowest BCUT2D eigenvalue weighted by Gasteiger charge is -2.12. The fourth-order valence-corrected chi connectivity index (χ4v) is 2.49. The first-order valence-electron chi connectivity index (χ1n) is 5.28. The van der Waals surface area contributed by atoms with Crippen molar-refractivity contribution in [2.24, 2.45) is 0 Å². The molecule has 2 rings (SSSR count). The molecule has 104 valence electrons. The van der Waals surface area contributed by atoms with E-state index >= 15 is 0 Å². The van der Waals surface area contributed by atoms with Crippen LogP contribution in [-0.2, 0) is 0 Å². The van der Waals surface area contributed by atoms with Gasteiger partial charge in [-0.1, -0.05) is 34.8 Å². The van der Waals surface area contributed by atoms with Gasteiger partial charge in [-0.05, 0) is 36.5 Å². The standard InChI is InChI=1S/C12H7Cl3N2O2S/c13-6-4-7(14)10(8(15)5-6)16-12(20)17-11(18)9-2-1-3-19-9/h1-5H,(H2,16,17,18,20). The molecule has 1 amide bonds. The van der Waals surface area contributed by atoms with E-state index in [0.29, 0.717) is 10.7 Å². The van der Waals surface area contributed by atoms with Gasteiger partial charge in [0.25, 0.3) is 5.91 Å². The van der Waals surface area contributed by atoms with E-state index in [-0.39, 0.29) is 20.9 Å². The molecule has 0 aliphatic rings. The van der Waals surface area contributed by atoms with Gasteiger partial charge in [0.2, 0.25) is 0 Å². The summed E-state index contributed by atoms with van der Waals surface area (Å²) in [5.41, 5.74) is 0.363. The first-order valence-corrected chi connectivity index (χ1v) is 6.82. The maximum absolute atomic E-state index is 11.7. The van der Waals surface area contributed by atoms with Crippen LogP contribution in [0, 0.1) is 0 Å². The molecule has 1 aromatic heterocycles. The lowest BCUT2D eigenvalue weighted by Crippen LogP contribution is -2.34. The Balaban J connectivity index is 2.07. The van der Waals surface area contributed by atoms with E-state index in [1.807, 2.05) is 0 Å². The number of hydrogen-bond acceptors (Lipinski definition) is 3. The van der Waals surface area contributed by atoms with Crippen LogP contribution >= 0.6 is 47.0 Å². The molecule has 1 aromatic carbocycles. The maximum atomic E-state index is 11.7. The van der Waals surface area contributed by atoms with Gasteiger partial charge >= 0.3 is 0 Å². The molecule has 8 heteroatoms. The quantitative estimate of drug-likeness (QED) is 0.791. The Morgan fingerprint density at radius 1 is 1.20 bits per heavy atom. The Labute approximate surface area is 135 Å². The number of rotatable bonds is 2. The average molecular weight is 350 g/mol. The summed E-state index contributed by atoms with van der Waals surface area (Å²) in [6, 6.07) is 6.13. The van der Waals surface area contributed by atoms with Crippen molar-refractivity contribution in [3.05, 3.63) is 51.4 Å². The van der Waals surface area contributed by atoms with Crippen LogP contribution in [0.1, 0.15) is 10.6 Å². The van der Waals surface area contributed by atoms with Crippen molar-refractivity contribution in [1.29, 1.82) is 0 Å². The molecular weight excluding hydrogens is 343 g/mol. The van der Waals surface area contributed by atoms with Crippen LogP contribution in [0.4, 0.5) is 5.69 Å². The number of carbonyl (C=O) groups is 1. The van der Waals surface area contributed by atoms with Gasteiger partial charge in [0.1, 0.15) is 0 Å². The van der Waals surface area contributed by atoms with Crippen LogP contribution < -0.4 is 10.6 Å². The second kappa shape index (κ2) is 6.45. The summed E-state index contributed by atoms with van der Waals surface area (Å²) in [6.07, 6.45) is 1.39. The Kier molecular flexibility index (Phi) is 4.88. The van der Waals surface area contributed by atoms with Gasteiger partial charge in [0, 0.05) is 5.02 Å². The van der Waals surface area contributed by atoms with Crippen molar-refractivity contribution in [2.45, 2.75) is 0 Å². The van der Waals surface area contributed by atoms with E-state index < -0.39 is 5.91 Å². The number of furan rings is 1. The van der Waals surface area contributed by atoms with Crippen LogP contribution in [0.5, 0.6) is 0 Å². The lowest BCUT2D eigenvalue weighted by molar-refractivity contribution is 0.0950. The fourth-order valence-electron chi connectivity index (χ4n) is 1.38. The first-order chi connectivity index (χ1) is 9.47. The minimum Gasteiger partial charge on any atom is -0.459 e. The molecule has 1 heterocycles. The molecule has 0 aliphatic heterocycles. The second-order valence-electron chi connectivity index (χ2n) is 3.63. The second-order valence-corrected chi connectivity index (χ2v) is 5.29. The van der Waals surface area contributed by atoms with E-state index in [2.05, 4.69) is 10.6 Å². The van der Waals surface area contributed by atoms with Gasteiger partial charge in [-0.15, -0.1) is 0 Å². The number of nitrogens with one attached hydrogen (secondary N) is 2. The number of amides is 1. The van der Waals surface area contributed by atoms with Gasteiger partial charge in [-0.3, -0.25) is 10.1 Å². The normalized spacial score (nSPS) is 10.2. The number of carbonyl (C=O) groups excluding carboxylic acids is 1. The van der Waals surface area contributed by atoms with Crippen LogP contribution in [-0.4, -0.2) is 11.0 Å². The summed E-state index contributed by atoms with van der Waals surface area (Å²) < 4.78 is 4.94. The van der Waals surface area contributed by atoms with Crippen molar-refractivity contribution < 1.29 is 9.21 Å². The summed E-state index contributed by atoms with van der Waals surface area (Å²) in [6.45, 7) is 0. The maximum Gasteiger partial charge on any atom is 0.293 e. The van der Waals surface area contributed by atoms with E-state index in [9.17, 15) is 4.79 Å². The van der Waals surface area contributed by atoms with Crippen molar-refractivity contribution in [3.63, 3.8) is 0 Å². The van der Waals surface area contributed by atoms with E-state index in [1.54, 1.807) is 6.07 Å². The highest BCUT2D eigenvalue weighted by Crippen LogP contribution is 2.33. The number of hydrogen-bond donors (Lipinski definition) is 2. The Morgan fingerprint density at radius 3 is 2.40 bits per heavy atom. The summed E-state index contributed by atoms with van der Waals surface area (Å²) in [4.78, 5) is 11.7. The SMILES string of the molecule is O=C(NC(=S)Nc1c(Cl)cc(Cl)cc1Cl)c1ccco1. The van der Waals surface area contributed by atoms with Crippen LogP contribution in [0.15, 0.2) is 34.9 Å². The molecule has 2 N–H and O–H groups in total. The molecule has 4 nitrogen and oxygen atoms in total. The zero-order chi connectivity index (χ0) is 14.7. The summed E-state index contributed by atoms with van der Waals surface area (Å²) in [5, 5.41) is 6.19. The topological polar surface area (TPSA) is 54.3 Å². The van der Waals surface area contributed by atoms with Gasteiger partial charge in [0.05, 0.1) is 22.0 Å². The van der Waals surface area contributed by atoms with Crippen LogP contribution in [0.2, 0.25) is 15.1 Å². The van der Waals surface area contributed by atoms with Crippen molar-refractivity contribution in [1.82, 2.24) is 5.32 Å². The number of halogens is 3. The average Bonchev–Trinajstić information content (AvgIpc) is 2.87. The highest BCUT2D eigenvalue weighted by atomic mass is 35.5. The minimum absolute atomic E-state index is 0.0394. The van der Waals surface area contributed by atoms with Crippen molar-refractivity contribution >= 4 is 63.7 Å². The van der Waals surface area contributed by atoms with E-state index in [1.165, 1.54) is 24.5 Å². The number of benzene rings is 1. The molecule has 2 aromatic rings. The zero-order valence-corrected chi connectivity index (χ0v) is 12.8. The lowest BCUT2D eigenvalue weighted by atomic mass is 10.3. The predicted octanol–water partition coefficient (Wildman–Crippen LogP) is 4.37. The molecule has 0 saturated carbocycles. The Bertz CT molecular complexity index is 636. The van der Waals surface area contributed by atoms with Crippen molar-refractivity contribution in [3.8, 4) is 0 Å². The highest BCUT2D eigenvalue weighted by Gasteiger charge is 2.13. The molecule has 0 fully saturated rings. The largest absolute Gasteiger partial charge is 0.459 e. The Hall–Kier alpha value is -1.27. The molecular formula is C12H7Cl3N2O2S. The fraction of sp³-hybridized carbons (Fsp3) is 0. The van der Waals surface area contributed by atoms with Crippen LogP contribution in [0.25, 0.3) is 0 Å². The number of anilines is 1. The zero-order valence-electron chi connectivity index (χ0n) is 9.75. The first kappa shape index (κ1) is 15.1. The smallest absolute Gasteiger partial charge is 0.293 e. The summed E-state index contributed by atoms with van der Waals surface area (Å²) in [5.74, 6) is -0.337. The van der Waals surface area contributed by atoms with Crippen LogP contribution in [0.3, 0.4) is 0 Å². The third-order valence-electron chi connectivity index (χ3n) is 2.22. The molecule has 0 bridgehead atoms. The molecule has 0 unspecified atom stereocenters. The molecule has 0 aliphatic carbocycles. The molecule has 0 spiro atoms. The predicted molar refractivity (Wildman–Crippen MR) is 83.9 cm³/mol. The van der Waals surface area contributed by atoms with Gasteiger partial charge < -0.3 is 9.73 Å². The molecule has 0 radical (unpaired) electrons. The summed E-state index contributed by atoms with van der Waals surface area (Å²) >= 11 is 22.8. The Morgan fingerprint density at radius 2 is 1.85 bits per heavy atom. The molecule has 20 heavy (non-hydrogen) atoms. The third kappa shape index (κ3) is 3.64. The minimum atomic E-state index is -0.478. The summed E-state index contributed by atoms with van der Waals surface area (Å²) in [7, 11) is 0. The number of thiocarbonyl (C=S) groups is 1. The van der Waals surface area contributed by atoms with E-state index in [0.717, 1.165) is 0 Å².